The van der Waals surface area contributed by atoms with Crippen molar-refractivity contribution in [3.05, 3.63) is 64.1 Å². The van der Waals surface area contributed by atoms with Gasteiger partial charge in [0.1, 0.15) is 6.54 Å². The average molecular weight is 490 g/mol. The Morgan fingerprint density at radius 2 is 1.50 bits per heavy atom. The lowest BCUT2D eigenvalue weighted by molar-refractivity contribution is -0.139. The summed E-state index contributed by atoms with van der Waals surface area (Å²) in [5, 5.41) is 2.24. The summed E-state index contributed by atoms with van der Waals surface area (Å²) < 4.78 is 78.4. The van der Waals surface area contributed by atoms with E-state index in [0.717, 1.165) is 18.2 Å². The number of hydrogen-bond donors (Lipinski definition) is 1. The zero-order chi connectivity index (χ0) is 25.1. The Labute approximate surface area is 189 Å². The van der Waals surface area contributed by atoms with E-state index < -0.39 is 47.4 Å². The Bertz CT molecular complexity index is 1100. The fraction of sp³-hybridized carbons (Fsp3) is 0.381. The van der Waals surface area contributed by atoms with E-state index in [0.29, 0.717) is 16.8 Å². The number of alkyl halides is 6. The molecular weight excluding hydrogens is 470 g/mol. The molecule has 3 rings (SSSR count). The summed E-state index contributed by atoms with van der Waals surface area (Å²) in [6, 6.07) is 5.96. The molecule has 0 unspecified atom stereocenters. The number of aromatic nitrogens is 1. The number of piperazine rings is 1. The summed E-state index contributed by atoms with van der Waals surface area (Å²) in [5.41, 5.74) is -3.14. The van der Waals surface area contributed by atoms with Crippen molar-refractivity contribution in [2.75, 3.05) is 38.0 Å². The van der Waals surface area contributed by atoms with Crippen molar-refractivity contribution in [1.29, 1.82) is 0 Å². The standard InChI is InChI=1S/C21H20F6N4O3/c22-20(23,24)14-5-6-18(33)31(11-14)13-19(34)30-9-7-29(8-10-30)12-17(32)28-16-4-2-1-3-15(16)21(25,26)27/h1-6,11H,7-10,12-13H2,(H,28,32). The van der Waals surface area contributed by atoms with Gasteiger partial charge in [0.2, 0.25) is 11.8 Å². The van der Waals surface area contributed by atoms with E-state index in [1.54, 1.807) is 4.90 Å². The lowest BCUT2D eigenvalue weighted by atomic mass is 10.1. The number of carbonyl (C=O) groups is 2. The van der Waals surface area contributed by atoms with Crippen LogP contribution in [0.4, 0.5) is 32.0 Å². The Kier molecular flexibility index (Phi) is 7.34. The van der Waals surface area contributed by atoms with Gasteiger partial charge in [-0.25, -0.2) is 0 Å². The van der Waals surface area contributed by atoms with Crippen molar-refractivity contribution in [3.63, 3.8) is 0 Å². The minimum absolute atomic E-state index is 0.138. The van der Waals surface area contributed by atoms with Gasteiger partial charge in [0, 0.05) is 38.4 Å². The van der Waals surface area contributed by atoms with E-state index in [1.807, 2.05) is 0 Å². The van der Waals surface area contributed by atoms with Gasteiger partial charge in [0.25, 0.3) is 5.56 Å². The normalized spacial score (nSPS) is 15.3. The molecule has 1 aromatic carbocycles. The van der Waals surface area contributed by atoms with E-state index in [9.17, 15) is 40.7 Å². The first-order valence-corrected chi connectivity index (χ1v) is 10.1. The number of nitrogens with zero attached hydrogens (tertiary/aromatic N) is 3. The smallest absolute Gasteiger partial charge is 0.339 e. The van der Waals surface area contributed by atoms with Crippen LogP contribution < -0.4 is 10.9 Å². The van der Waals surface area contributed by atoms with E-state index in [1.165, 1.54) is 17.0 Å². The monoisotopic (exact) mass is 490 g/mol. The highest BCUT2D eigenvalue weighted by molar-refractivity contribution is 5.93. The fourth-order valence-electron chi connectivity index (χ4n) is 3.46. The largest absolute Gasteiger partial charge is 0.418 e. The minimum Gasteiger partial charge on any atom is -0.339 e. The number of anilines is 1. The van der Waals surface area contributed by atoms with E-state index in [-0.39, 0.29) is 38.4 Å². The lowest BCUT2D eigenvalue weighted by Crippen LogP contribution is -2.51. The molecule has 1 fully saturated rings. The van der Waals surface area contributed by atoms with Crippen LogP contribution in [0, 0.1) is 0 Å². The van der Waals surface area contributed by atoms with Crippen LogP contribution in [-0.4, -0.2) is 58.9 Å². The fourth-order valence-corrected chi connectivity index (χ4v) is 3.46. The molecule has 1 aliphatic heterocycles. The third kappa shape index (κ3) is 6.37. The van der Waals surface area contributed by atoms with Gasteiger partial charge < -0.3 is 14.8 Å². The quantitative estimate of drug-likeness (QED) is 0.655. The topological polar surface area (TPSA) is 74.7 Å². The van der Waals surface area contributed by atoms with E-state index in [2.05, 4.69) is 5.32 Å². The number of carbonyl (C=O) groups excluding carboxylic acids is 2. The molecule has 7 nitrogen and oxygen atoms in total. The molecule has 1 aromatic heterocycles. The molecule has 1 aliphatic rings. The second-order valence-electron chi connectivity index (χ2n) is 7.63. The summed E-state index contributed by atoms with van der Waals surface area (Å²) >= 11 is 0. The van der Waals surface area contributed by atoms with Crippen molar-refractivity contribution in [3.8, 4) is 0 Å². The maximum absolute atomic E-state index is 13.1. The molecule has 2 heterocycles. The summed E-state index contributed by atoms with van der Waals surface area (Å²) in [6.45, 7) is -0.0637. The third-order valence-electron chi connectivity index (χ3n) is 5.22. The van der Waals surface area contributed by atoms with Gasteiger partial charge in [-0.3, -0.25) is 19.3 Å². The number of amides is 2. The lowest BCUT2D eigenvalue weighted by Gasteiger charge is -2.34. The number of benzene rings is 1. The molecule has 13 heteroatoms. The Morgan fingerprint density at radius 1 is 0.853 bits per heavy atom. The molecule has 1 N–H and O–H groups in total. The molecule has 0 saturated carbocycles. The van der Waals surface area contributed by atoms with Crippen molar-refractivity contribution in [1.82, 2.24) is 14.4 Å². The number of para-hydroxylation sites is 1. The molecule has 34 heavy (non-hydrogen) atoms. The third-order valence-corrected chi connectivity index (χ3v) is 5.22. The SMILES string of the molecule is O=C(CN1CCN(C(=O)Cn2cc(C(F)(F)F)ccc2=O)CC1)Nc1ccccc1C(F)(F)F. The number of pyridine rings is 1. The highest BCUT2D eigenvalue weighted by Crippen LogP contribution is 2.34. The van der Waals surface area contributed by atoms with Gasteiger partial charge in [0.15, 0.2) is 0 Å². The molecule has 2 aromatic rings. The van der Waals surface area contributed by atoms with Gasteiger partial charge in [-0.1, -0.05) is 12.1 Å². The van der Waals surface area contributed by atoms with E-state index in [4.69, 9.17) is 0 Å². The predicted molar refractivity (Wildman–Crippen MR) is 109 cm³/mol. The van der Waals surface area contributed by atoms with Crippen LogP contribution in [0.25, 0.3) is 0 Å². The van der Waals surface area contributed by atoms with Gasteiger partial charge in [0.05, 0.1) is 23.4 Å². The minimum atomic E-state index is -4.66. The zero-order valence-corrected chi connectivity index (χ0v) is 17.6. The van der Waals surface area contributed by atoms with Crippen molar-refractivity contribution in [2.45, 2.75) is 18.9 Å². The predicted octanol–water partition coefficient (Wildman–Crippen LogP) is 2.67. The first-order valence-electron chi connectivity index (χ1n) is 10.1. The number of hydrogen-bond acceptors (Lipinski definition) is 4. The molecule has 0 aliphatic carbocycles. The second kappa shape index (κ2) is 9.87. The van der Waals surface area contributed by atoms with Crippen molar-refractivity contribution >= 4 is 17.5 Å². The molecule has 0 spiro atoms. The Balaban J connectivity index is 1.54. The highest BCUT2D eigenvalue weighted by atomic mass is 19.4. The first-order chi connectivity index (χ1) is 15.8. The maximum Gasteiger partial charge on any atom is 0.418 e. The zero-order valence-electron chi connectivity index (χ0n) is 17.6. The van der Waals surface area contributed by atoms with Crippen molar-refractivity contribution < 1.29 is 35.9 Å². The molecule has 184 valence electrons. The molecular formula is C21H20F6N4O3. The molecule has 1 saturated heterocycles. The van der Waals surface area contributed by atoms with Gasteiger partial charge >= 0.3 is 12.4 Å². The molecule has 2 amide bonds. The molecule has 0 radical (unpaired) electrons. The number of rotatable bonds is 5. The average Bonchev–Trinajstić information content (AvgIpc) is 2.74. The maximum atomic E-state index is 13.1. The number of halogens is 6. The first kappa shape index (κ1) is 25.3. The van der Waals surface area contributed by atoms with Gasteiger partial charge in [-0.2, -0.15) is 26.3 Å². The van der Waals surface area contributed by atoms with Gasteiger partial charge in [-0.05, 0) is 18.2 Å². The Hall–Kier alpha value is -3.35. The van der Waals surface area contributed by atoms with Crippen LogP contribution in [0.15, 0.2) is 47.4 Å². The van der Waals surface area contributed by atoms with Crippen LogP contribution in [0.5, 0.6) is 0 Å². The van der Waals surface area contributed by atoms with Crippen LogP contribution >= 0.6 is 0 Å². The van der Waals surface area contributed by atoms with Crippen LogP contribution in [0.2, 0.25) is 0 Å². The molecule has 0 bridgehead atoms. The summed E-state index contributed by atoms with van der Waals surface area (Å²) in [7, 11) is 0. The van der Waals surface area contributed by atoms with Crippen LogP contribution in [-0.2, 0) is 28.5 Å². The van der Waals surface area contributed by atoms with Crippen LogP contribution in [0.3, 0.4) is 0 Å². The van der Waals surface area contributed by atoms with Gasteiger partial charge in [-0.15, -0.1) is 0 Å². The van der Waals surface area contributed by atoms with Crippen LogP contribution in [0.1, 0.15) is 11.1 Å². The number of nitrogens with one attached hydrogen (secondary N) is 1. The second-order valence-corrected chi connectivity index (χ2v) is 7.63. The summed E-state index contributed by atoms with van der Waals surface area (Å²) in [5.74, 6) is -1.23. The van der Waals surface area contributed by atoms with E-state index >= 15 is 0 Å². The summed E-state index contributed by atoms with van der Waals surface area (Å²) in [6.07, 6.45) is -8.71. The Morgan fingerprint density at radius 3 is 2.12 bits per heavy atom. The molecule has 0 atom stereocenters. The summed E-state index contributed by atoms with van der Waals surface area (Å²) in [4.78, 5) is 39.5. The highest BCUT2D eigenvalue weighted by Gasteiger charge is 2.34. The van der Waals surface area contributed by atoms with Crippen molar-refractivity contribution in [2.24, 2.45) is 0 Å².